The zero-order chi connectivity index (χ0) is 23.3. The molecule has 3 rings (SSSR count). The van der Waals surface area contributed by atoms with E-state index in [-0.39, 0.29) is 24.2 Å². The van der Waals surface area contributed by atoms with E-state index in [1.807, 2.05) is 0 Å². The van der Waals surface area contributed by atoms with Gasteiger partial charge in [0, 0.05) is 35.9 Å². The zero-order valence-electron chi connectivity index (χ0n) is 17.6. The molecule has 0 atom stereocenters. The third-order valence-electron chi connectivity index (χ3n) is 4.58. The number of pyridine rings is 2. The molecule has 1 aliphatic carbocycles. The van der Waals surface area contributed by atoms with Crippen LogP contribution in [0.2, 0.25) is 0 Å². The molecule has 2 N–H and O–H groups in total. The number of hydrogen-bond acceptors (Lipinski definition) is 6. The summed E-state index contributed by atoms with van der Waals surface area (Å²) in [5.41, 5.74) is 1.31. The molecule has 0 spiro atoms. The number of nitrogens with one attached hydrogen (secondary N) is 2. The quantitative estimate of drug-likeness (QED) is 0.605. The molecule has 32 heavy (non-hydrogen) atoms. The van der Waals surface area contributed by atoms with Crippen molar-refractivity contribution in [2.24, 2.45) is 5.92 Å². The minimum absolute atomic E-state index is 0.0132. The molecule has 1 aliphatic rings. The van der Waals surface area contributed by atoms with Crippen molar-refractivity contribution in [3.8, 4) is 11.8 Å². The summed E-state index contributed by atoms with van der Waals surface area (Å²) in [5, 5.41) is 5.41. The van der Waals surface area contributed by atoms with Gasteiger partial charge in [0.2, 0.25) is 17.7 Å². The van der Waals surface area contributed by atoms with E-state index in [0.717, 1.165) is 12.8 Å². The molecule has 0 radical (unpaired) electrons. The van der Waals surface area contributed by atoms with Crippen molar-refractivity contribution >= 4 is 17.6 Å². The first-order valence-corrected chi connectivity index (χ1v) is 9.93. The number of alkyl halides is 3. The Labute approximate surface area is 182 Å². The van der Waals surface area contributed by atoms with Crippen LogP contribution in [0.3, 0.4) is 0 Å². The Morgan fingerprint density at radius 1 is 1.19 bits per heavy atom. The molecule has 11 heteroatoms. The van der Waals surface area contributed by atoms with E-state index in [1.54, 1.807) is 13.0 Å². The molecule has 2 amide bonds. The van der Waals surface area contributed by atoms with Crippen LogP contribution in [0.5, 0.6) is 11.8 Å². The van der Waals surface area contributed by atoms with Gasteiger partial charge in [-0.1, -0.05) is 0 Å². The number of methoxy groups -OCH3 is 1. The number of aromatic nitrogens is 2. The van der Waals surface area contributed by atoms with Crippen molar-refractivity contribution in [3.63, 3.8) is 0 Å². The van der Waals surface area contributed by atoms with Crippen LogP contribution in [0.15, 0.2) is 24.3 Å². The summed E-state index contributed by atoms with van der Waals surface area (Å²) in [6.45, 7) is 0.249. The number of amides is 2. The lowest BCUT2D eigenvalue weighted by molar-refractivity contribution is -0.154. The summed E-state index contributed by atoms with van der Waals surface area (Å²) in [7, 11) is 1.31. The number of nitrogens with zero attached hydrogens (tertiary/aromatic N) is 2. The van der Waals surface area contributed by atoms with Gasteiger partial charge in [0.1, 0.15) is 5.82 Å². The number of aryl methyl sites for hydroxylation is 1. The van der Waals surface area contributed by atoms with Gasteiger partial charge in [0.05, 0.1) is 7.11 Å². The second-order valence-electron chi connectivity index (χ2n) is 7.48. The van der Waals surface area contributed by atoms with Crippen LogP contribution in [0.4, 0.5) is 19.0 Å². The molecule has 1 saturated carbocycles. The number of ether oxygens (including phenoxy) is 2. The van der Waals surface area contributed by atoms with Crippen LogP contribution in [0.25, 0.3) is 0 Å². The van der Waals surface area contributed by atoms with Crippen LogP contribution in [0.1, 0.15) is 40.9 Å². The average Bonchev–Trinajstić information content (AvgIpc) is 3.53. The number of anilines is 1. The Balaban J connectivity index is 1.62. The lowest BCUT2D eigenvalue weighted by atomic mass is 10.2. The first kappa shape index (κ1) is 23.3. The normalized spacial score (nSPS) is 13.4. The van der Waals surface area contributed by atoms with Crippen LogP contribution < -0.4 is 20.1 Å². The fourth-order valence-electron chi connectivity index (χ4n) is 2.92. The first-order valence-electron chi connectivity index (χ1n) is 9.93. The Hall–Kier alpha value is -3.37. The summed E-state index contributed by atoms with van der Waals surface area (Å²) in [6.07, 6.45) is -1.95. The molecule has 0 bridgehead atoms. The van der Waals surface area contributed by atoms with E-state index < -0.39 is 18.7 Å². The standard InChI is InChI=1S/C21H23F3N4O4/c1-12-7-15(9-16(26-12)27-17(29)8-13-3-4-13)19(30)25-10-14-5-6-18(28-20(14)31-2)32-11-21(22,23)24/h5-7,9,13H,3-4,8,10-11H2,1-2H3,(H,25,30)(H,26,27,29). The molecule has 0 aromatic carbocycles. The highest BCUT2D eigenvalue weighted by molar-refractivity contribution is 5.96. The molecule has 0 aliphatic heterocycles. The SMILES string of the molecule is COc1nc(OCC(F)(F)F)ccc1CNC(=O)c1cc(C)nc(NC(=O)CC2CC2)c1. The second kappa shape index (κ2) is 9.84. The molecule has 0 unspecified atom stereocenters. The van der Waals surface area contributed by atoms with Gasteiger partial charge in [0.25, 0.3) is 5.91 Å². The molecule has 2 aromatic rings. The molecule has 172 valence electrons. The Morgan fingerprint density at radius 3 is 2.59 bits per heavy atom. The topological polar surface area (TPSA) is 102 Å². The van der Waals surface area contributed by atoms with Gasteiger partial charge >= 0.3 is 6.18 Å². The zero-order valence-corrected chi connectivity index (χ0v) is 17.6. The van der Waals surface area contributed by atoms with Gasteiger partial charge in [-0.2, -0.15) is 18.2 Å². The number of carbonyl (C=O) groups is 2. The highest BCUT2D eigenvalue weighted by Crippen LogP contribution is 2.32. The van der Waals surface area contributed by atoms with Gasteiger partial charge < -0.3 is 20.1 Å². The highest BCUT2D eigenvalue weighted by atomic mass is 19.4. The monoisotopic (exact) mass is 452 g/mol. The average molecular weight is 452 g/mol. The Bertz CT molecular complexity index is 993. The predicted molar refractivity (Wildman–Crippen MR) is 108 cm³/mol. The maximum Gasteiger partial charge on any atom is 0.422 e. The van der Waals surface area contributed by atoms with Gasteiger partial charge in [-0.25, -0.2) is 4.98 Å². The molecule has 0 saturated heterocycles. The predicted octanol–water partition coefficient (Wildman–Crippen LogP) is 3.40. The smallest absolute Gasteiger partial charge is 0.422 e. The molecule has 8 nitrogen and oxygen atoms in total. The van der Waals surface area contributed by atoms with Crippen LogP contribution in [0, 0.1) is 12.8 Å². The van der Waals surface area contributed by atoms with Crippen molar-refractivity contribution < 1.29 is 32.2 Å². The molecule has 1 fully saturated rings. The minimum atomic E-state index is -4.49. The summed E-state index contributed by atoms with van der Waals surface area (Å²) >= 11 is 0. The van der Waals surface area contributed by atoms with E-state index in [9.17, 15) is 22.8 Å². The Kier molecular flexibility index (Phi) is 7.16. The molecule has 2 aromatic heterocycles. The van der Waals surface area contributed by atoms with Crippen molar-refractivity contribution in [1.82, 2.24) is 15.3 Å². The minimum Gasteiger partial charge on any atom is -0.481 e. The van der Waals surface area contributed by atoms with Gasteiger partial charge in [-0.3, -0.25) is 9.59 Å². The molecule has 2 heterocycles. The number of halogens is 3. The highest BCUT2D eigenvalue weighted by Gasteiger charge is 2.29. The lowest BCUT2D eigenvalue weighted by Gasteiger charge is -2.13. The maximum atomic E-state index is 12.6. The Morgan fingerprint density at radius 2 is 1.94 bits per heavy atom. The fourth-order valence-corrected chi connectivity index (χ4v) is 2.92. The van der Waals surface area contributed by atoms with E-state index in [2.05, 4.69) is 25.3 Å². The number of rotatable bonds is 9. The fraction of sp³-hybridized carbons (Fsp3) is 0.429. The summed E-state index contributed by atoms with van der Waals surface area (Å²) in [5.74, 6) is -0.0506. The number of carbonyl (C=O) groups excluding carboxylic acids is 2. The van der Waals surface area contributed by atoms with Crippen LogP contribution in [-0.4, -0.2) is 41.7 Å². The summed E-state index contributed by atoms with van der Waals surface area (Å²) < 4.78 is 46.6. The largest absolute Gasteiger partial charge is 0.481 e. The third-order valence-corrected chi connectivity index (χ3v) is 4.58. The summed E-state index contributed by atoms with van der Waals surface area (Å²) in [4.78, 5) is 32.8. The number of hydrogen-bond donors (Lipinski definition) is 2. The van der Waals surface area contributed by atoms with E-state index in [1.165, 1.54) is 25.3 Å². The van der Waals surface area contributed by atoms with Crippen molar-refractivity contribution in [2.45, 2.75) is 38.9 Å². The summed E-state index contributed by atoms with van der Waals surface area (Å²) in [6, 6.07) is 5.78. The first-order chi connectivity index (χ1) is 15.1. The lowest BCUT2D eigenvalue weighted by Crippen LogP contribution is -2.24. The molecular formula is C21H23F3N4O4. The van der Waals surface area contributed by atoms with Crippen molar-refractivity contribution in [1.29, 1.82) is 0 Å². The van der Waals surface area contributed by atoms with Crippen LogP contribution >= 0.6 is 0 Å². The molecular weight excluding hydrogens is 429 g/mol. The maximum absolute atomic E-state index is 12.6. The third kappa shape index (κ3) is 7.10. The van der Waals surface area contributed by atoms with Crippen LogP contribution in [-0.2, 0) is 11.3 Å². The van der Waals surface area contributed by atoms with Crippen molar-refractivity contribution in [2.75, 3.05) is 19.0 Å². The van der Waals surface area contributed by atoms with E-state index in [0.29, 0.717) is 35.0 Å². The van der Waals surface area contributed by atoms with Gasteiger partial charge in [-0.05, 0) is 43.9 Å². The van der Waals surface area contributed by atoms with E-state index >= 15 is 0 Å². The van der Waals surface area contributed by atoms with Gasteiger partial charge in [0.15, 0.2) is 6.61 Å². The second-order valence-corrected chi connectivity index (χ2v) is 7.48. The van der Waals surface area contributed by atoms with Crippen molar-refractivity contribution in [3.05, 3.63) is 41.1 Å². The van der Waals surface area contributed by atoms with E-state index in [4.69, 9.17) is 4.74 Å². The van der Waals surface area contributed by atoms with Gasteiger partial charge in [-0.15, -0.1) is 0 Å².